The zero-order chi connectivity index (χ0) is 36.7. The number of nitrogens with zero attached hydrogens (tertiary/aromatic N) is 2. The average Bonchev–Trinajstić information content (AvgIpc) is 3.84. The number of anilines is 2. The third-order valence-electron chi connectivity index (χ3n) is 12.1. The minimum absolute atomic E-state index is 0.0647. The lowest BCUT2D eigenvalue weighted by molar-refractivity contribution is 0.411. The van der Waals surface area contributed by atoms with E-state index in [-0.39, 0.29) is 24.3 Å². The maximum atomic E-state index is 7.26. The summed E-state index contributed by atoms with van der Waals surface area (Å²) in [6.07, 6.45) is 4.19. The van der Waals surface area contributed by atoms with Gasteiger partial charge in [0.2, 0.25) is 0 Å². The van der Waals surface area contributed by atoms with Crippen molar-refractivity contribution in [2.24, 2.45) is 4.99 Å². The van der Waals surface area contributed by atoms with E-state index in [1.54, 1.807) is 0 Å². The number of benzene rings is 8. The zero-order valence-corrected chi connectivity index (χ0v) is 30.4. The summed E-state index contributed by atoms with van der Waals surface area (Å²) in [4.78, 5) is 7.76. The highest BCUT2D eigenvalue weighted by Crippen LogP contribution is 2.55. The fourth-order valence-electron chi connectivity index (χ4n) is 9.59. The molecule has 0 amide bonds. The van der Waals surface area contributed by atoms with Gasteiger partial charge in [0.05, 0.1) is 11.7 Å². The van der Waals surface area contributed by atoms with Crippen LogP contribution in [0.15, 0.2) is 185 Å². The fourth-order valence-corrected chi connectivity index (χ4v) is 9.59. The molecule has 12 rings (SSSR count). The van der Waals surface area contributed by atoms with Crippen molar-refractivity contribution in [2.75, 3.05) is 4.90 Å². The summed E-state index contributed by atoms with van der Waals surface area (Å²) in [6, 6.07) is 60.9. The van der Waals surface area contributed by atoms with Gasteiger partial charge in [-0.05, 0) is 56.6 Å². The third-order valence-corrected chi connectivity index (χ3v) is 12.1. The third kappa shape index (κ3) is 4.68. The molecule has 0 saturated carbocycles. The molecular formula is C51H36N4O. The van der Waals surface area contributed by atoms with Gasteiger partial charge in [-0.2, -0.15) is 0 Å². The summed E-state index contributed by atoms with van der Waals surface area (Å²) in [5.74, 6) is 1.02. The lowest BCUT2D eigenvalue weighted by Crippen LogP contribution is -2.45. The first-order valence-electron chi connectivity index (χ1n) is 19.4. The highest BCUT2D eigenvalue weighted by Gasteiger charge is 2.43. The largest absolute Gasteiger partial charge is 0.453 e. The van der Waals surface area contributed by atoms with E-state index in [2.05, 4.69) is 191 Å². The van der Waals surface area contributed by atoms with Gasteiger partial charge in [-0.25, -0.2) is 4.99 Å². The molecule has 4 unspecified atom stereocenters. The quantitative estimate of drug-likeness (QED) is 0.190. The van der Waals surface area contributed by atoms with E-state index < -0.39 is 0 Å². The second-order valence-electron chi connectivity index (χ2n) is 15.1. The molecule has 266 valence electrons. The molecule has 0 radical (unpaired) electrons. The minimum Gasteiger partial charge on any atom is -0.453 e. The van der Waals surface area contributed by atoms with E-state index in [4.69, 9.17) is 9.41 Å². The number of rotatable bonds is 4. The van der Waals surface area contributed by atoms with Crippen LogP contribution in [0.5, 0.6) is 0 Å². The normalized spacial score (nSPS) is 19.9. The molecule has 0 spiro atoms. The first kappa shape index (κ1) is 31.4. The topological polar surface area (TPSA) is 52.8 Å². The predicted octanol–water partition coefficient (Wildman–Crippen LogP) is 11.9. The maximum Gasteiger partial charge on any atom is 0.159 e. The Morgan fingerprint density at radius 1 is 0.554 bits per heavy atom. The summed E-state index contributed by atoms with van der Waals surface area (Å²) >= 11 is 0. The molecule has 3 aliphatic rings. The zero-order valence-electron chi connectivity index (χ0n) is 30.4. The van der Waals surface area contributed by atoms with E-state index in [1.807, 2.05) is 6.07 Å². The van der Waals surface area contributed by atoms with Crippen LogP contribution < -0.4 is 15.5 Å². The maximum absolute atomic E-state index is 7.26. The van der Waals surface area contributed by atoms with Crippen LogP contribution in [0, 0.1) is 0 Å². The van der Waals surface area contributed by atoms with Gasteiger partial charge < -0.3 is 14.6 Å². The van der Waals surface area contributed by atoms with Gasteiger partial charge in [0.1, 0.15) is 23.8 Å². The Morgan fingerprint density at radius 2 is 1.25 bits per heavy atom. The number of furan rings is 1. The molecule has 0 fully saturated rings. The fraction of sp³-hybridized carbons (Fsp3) is 0.0784. The second-order valence-corrected chi connectivity index (χ2v) is 15.1. The number of amidine groups is 1. The lowest BCUT2D eigenvalue weighted by atomic mass is 9.80. The molecule has 5 heteroatoms. The van der Waals surface area contributed by atoms with Crippen LogP contribution in [-0.2, 0) is 0 Å². The molecule has 9 aromatic rings. The number of nitrogens with one attached hydrogen (secondary N) is 2. The standard InChI is InChI=1S/C51H36N4O/c1-3-16-34(17-4-1)49-52-50(35-18-5-2-6-19-35)54-51(53-49)40-27-30-43(48-44(40)39-26-23-33-15-9-12-22-38(33)47(39)56-48)55-41-28-24-31-13-7-10-20-36(31)45(41)46-37-21-11-8-14-32(37)25-29-42(46)55/h1-30,41,45,49,51,53H,(H,52,54). The van der Waals surface area contributed by atoms with Crippen LogP contribution in [0.2, 0.25) is 0 Å². The Balaban J connectivity index is 1.11. The van der Waals surface area contributed by atoms with Crippen molar-refractivity contribution in [2.45, 2.75) is 24.3 Å². The first-order valence-corrected chi connectivity index (χ1v) is 19.4. The SMILES string of the molecule is C1=CC2C(c3ccccc31)c1c(ccc3ccccc13)N2c1ccc(C2NC(c3ccccc3)=NC(c3ccccc3)N2)c2c1oc1c3ccccc3ccc12. The second kappa shape index (κ2) is 12.3. The van der Waals surface area contributed by atoms with E-state index >= 15 is 0 Å². The van der Waals surface area contributed by atoms with Gasteiger partial charge in [0, 0.05) is 38.9 Å². The molecule has 2 N–H and O–H groups in total. The molecule has 5 nitrogen and oxygen atoms in total. The number of fused-ring (bicyclic) bond motifs is 12. The predicted molar refractivity (Wildman–Crippen MR) is 230 cm³/mol. The minimum atomic E-state index is -0.263. The van der Waals surface area contributed by atoms with Crippen molar-refractivity contribution in [1.82, 2.24) is 10.6 Å². The van der Waals surface area contributed by atoms with Gasteiger partial charge in [0.25, 0.3) is 0 Å². The van der Waals surface area contributed by atoms with Crippen LogP contribution in [0.4, 0.5) is 11.4 Å². The van der Waals surface area contributed by atoms with Crippen molar-refractivity contribution in [3.8, 4) is 0 Å². The molecule has 1 aliphatic carbocycles. The summed E-state index contributed by atoms with van der Waals surface area (Å²) in [5, 5.41) is 14.7. The molecule has 0 bridgehead atoms. The Bertz CT molecular complexity index is 3070. The van der Waals surface area contributed by atoms with Crippen molar-refractivity contribution in [3.63, 3.8) is 0 Å². The highest BCUT2D eigenvalue weighted by molar-refractivity contribution is 6.19. The molecule has 4 atom stereocenters. The summed E-state index contributed by atoms with van der Waals surface area (Å²) in [5.41, 5.74) is 11.3. The molecule has 2 aliphatic heterocycles. The van der Waals surface area contributed by atoms with E-state index in [9.17, 15) is 0 Å². The van der Waals surface area contributed by atoms with Gasteiger partial charge in [0.15, 0.2) is 5.58 Å². The van der Waals surface area contributed by atoms with Crippen molar-refractivity contribution in [1.29, 1.82) is 0 Å². The number of hydrogen-bond acceptors (Lipinski definition) is 5. The average molecular weight is 721 g/mol. The van der Waals surface area contributed by atoms with Gasteiger partial charge in [-0.1, -0.05) is 164 Å². The van der Waals surface area contributed by atoms with E-state index in [0.29, 0.717) is 0 Å². The smallest absolute Gasteiger partial charge is 0.159 e. The molecule has 3 heterocycles. The first-order chi connectivity index (χ1) is 27.8. The monoisotopic (exact) mass is 720 g/mol. The summed E-state index contributed by atoms with van der Waals surface area (Å²) in [7, 11) is 0. The van der Waals surface area contributed by atoms with Gasteiger partial charge >= 0.3 is 0 Å². The Hall–Kier alpha value is -6.95. The molecule has 0 saturated heterocycles. The number of aliphatic imine (C=N–C) groups is 1. The number of hydrogen-bond donors (Lipinski definition) is 2. The molecule has 56 heavy (non-hydrogen) atoms. The van der Waals surface area contributed by atoms with Crippen LogP contribution in [-0.4, -0.2) is 11.9 Å². The molecule has 8 aromatic carbocycles. The van der Waals surface area contributed by atoms with Crippen LogP contribution in [0.3, 0.4) is 0 Å². The molecular weight excluding hydrogens is 685 g/mol. The Labute approximate surface area is 324 Å². The lowest BCUT2D eigenvalue weighted by Gasteiger charge is -2.34. The highest BCUT2D eigenvalue weighted by atomic mass is 16.3. The van der Waals surface area contributed by atoms with Crippen LogP contribution >= 0.6 is 0 Å². The van der Waals surface area contributed by atoms with Crippen molar-refractivity contribution < 1.29 is 4.42 Å². The van der Waals surface area contributed by atoms with Crippen LogP contribution in [0.25, 0.3) is 49.6 Å². The van der Waals surface area contributed by atoms with E-state index in [0.717, 1.165) is 60.9 Å². The summed E-state index contributed by atoms with van der Waals surface area (Å²) < 4.78 is 7.26. The Morgan fingerprint density at radius 3 is 2.11 bits per heavy atom. The Kier molecular flexibility index (Phi) is 6.89. The van der Waals surface area contributed by atoms with Crippen molar-refractivity contribution >= 4 is 66.8 Å². The van der Waals surface area contributed by atoms with Crippen molar-refractivity contribution in [3.05, 3.63) is 209 Å². The van der Waals surface area contributed by atoms with Gasteiger partial charge in [-0.3, -0.25) is 5.32 Å². The van der Waals surface area contributed by atoms with Gasteiger partial charge in [-0.15, -0.1) is 0 Å². The summed E-state index contributed by atoms with van der Waals surface area (Å²) in [6.45, 7) is 0. The molecule has 1 aromatic heterocycles. The van der Waals surface area contributed by atoms with E-state index in [1.165, 1.54) is 33.2 Å². The van der Waals surface area contributed by atoms with Crippen LogP contribution in [0.1, 0.15) is 51.6 Å².